The summed E-state index contributed by atoms with van der Waals surface area (Å²) in [5.41, 5.74) is 8.27. The Bertz CT molecular complexity index is 572. The van der Waals surface area contributed by atoms with Gasteiger partial charge in [0.1, 0.15) is 5.82 Å². The summed E-state index contributed by atoms with van der Waals surface area (Å²) in [7, 11) is 0. The number of benzene rings is 2. The zero-order valence-corrected chi connectivity index (χ0v) is 11.5. The van der Waals surface area contributed by atoms with Crippen LogP contribution in [0.5, 0.6) is 0 Å². The summed E-state index contributed by atoms with van der Waals surface area (Å²) < 4.78 is 13.4. The number of hydrogen-bond acceptors (Lipinski definition) is 2. The van der Waals surface area contributed by atoms with E-state index < -0.39 is 0 Å². The maximum absolute atomic E-state index is 13.4. The summed E-state index contributed by atoms with van der Waals surface area (Å²) >= 11 is 5.99. The summed E-state index contributed by atoms with van der Waals surface area (Å²) in [5, 5.41) is 0.185. The Labute approximate surface area is 117 Å². The zero-order valence-electron chi connectivity index (χ0n) is 10.7. The summed E-state index contributed by atoms with van der Waals surface area (Å²) in [4.78, 5) is 2.09. The number of anilines is 2. The molecule has 0 bridgehead atoms. The molecule has 0 aromatic heterocycles. The lowest BCUT2D eigenvalue weighted by atomic mass is 10.2. The molecule has 2 nitrogen and oxygen atoms in total. The molecule has 0 amide bonds. The quantitative estimate of drug-likeness (QED) is 0.854. The Morgan fingerprint density at radius 2 is 1.95 bits per heavy atom. The van der Waals surface area contributed by atoms with E-state index in [0.717, 1.165) is 17.8 Å². The normalized spacial score (nSPS) is 10.5. The molecular formula is C15H16ClFN2. The molecule has 0 atom stereocenters. The number of rotatable bonds is 4. The van der Waals surface area contributed by atoms with Crippen LogP contribution in [0, 0.1) is 5.82 Å². The monoisotopic (exact) mass is 278 g/mol. The third kappa shape index (κ3) is 3.18. The molecule has 0 radical (unpaired) electrons. The molecule has 0 fully saturated rings. The molecule has 4 heteroatoms. The van der Waals surface area contributed by atoms with E-state index in [1.165, 1.54) is 6.07 Å². The van der Waals surface area contributed by atoms with Crippen LogP contribution in [0.2, 0.25) is 5.02 Å². The molecule has 2 N–H and O–H groups in total. The minimum atomic E-state index is -0.386. The molecule has 0 heterocycles. The molecule has 100 valence electrons. The minimum absolute atomic E-state index is 0.185. The molecule has 2 aromatic carbocycles. The molecule has 2 aromatic rings. The van der Waals surface area contributed by atoms with Gasteiger partial charge in [0.15, 0.2) is 0 Å². The number of halogens is 2. The van der Waals surface area contributed by atoms with E-state index in [1.54, 1.807) is 6.07 Å². The van der Waals surface area contributed by atoms with Crippen molar-refractivity contribution in [1.82, 2.24) is 0 Å². The highest BCUT2D eigenvalue weighted by Gasteiger charge is 2.10. The Kier molecular flexibility index (Phi) is 4.27. The van der Waals surface area contributed by atoms with Gasteiger partial charge in [0.2, 0.25) is 0 Å². The second kappa shape index (κ2) is 5.93. The predicted molar refractivity (Wildman–Crippen MR) is 79.0 cm³/mol. The van der Waals surface area contributed by atoms with Crippen molar-refractivity contribution in [3.8, 4) is 0 Å². The number of nitrogen functional groups attached to an aromatic ring is 1. The lowest BCUT2D eigenvalue weighted by Crippen LogP contribution is -2.22. The Balaban J connectivity index is 2.26. The first-order valence-electron chi connectivity index (χ1n) is 6.15. The number of hydrogen-bond donors (Lipinski definition) is 1. The molecule has 0 aliphatic rings. The van der Waals surface area contributed by atoms with E-state index in [2.05, 4.69) is 4.90 Å². The maximum atomic E-state index is 13.4. The zero-order chi connectivity index (χ0) is 13.8. The third-order valence-corrected chi connectivity index (χ3v) is 3.43. The fourth-order valence-corrected chi connectivity index (χ4v) is 2.17. The summed E-state index contributed by atoms with van der Waals surface area (Å²) in [6.45, 7) is 3.38. The number of nitrogens with two attached hydrogens (primary N) is 1. The molecule has 0 spiro atoms. The van der Waals surface area contributed by atoms with Gasteiger partial charge in [0, 0.05) is 24.5 Å². The van der Waals surface area contributed by atoms with E-state index in [9.17, 15) is 4.39 Å². The van der Waals surface area contributed by atoms with Crippen molar-refractivity contribution in [1.29, 1.82) is 0 Å². The standard InChI is InChI=1S/C15H16ClFN2/c1-2-19(13-7-4-6-12(18)9-13)10-11-5-3-8-14(17)15(11)16/h3-9H,2,10,18H2,1H3. The molecule has 0 unspecified atom stereocenters. The van der Waals surface area contributed by atoms with Crippen molar-refractivity contribution in [3.63, 3.8) is 0 Å². The van der Waals surface area contributed by atoms with E-state index in [-0.39, 0.29) is 10.8 Å². The second-order valence-electron chi connectivity index (χ2n) is 4.32. The molecule has 19 heavy (non-hydrogen) atoms. The first-order valence-corrected chi connectivity index (χ1v) is 6.53. The van der Waals surface area contributed by atoms with Gasteiger partial charge in [-0.1, -0.05) is 29.8 Å². The Morgan fingerprint density at radius 3 is 2.63 bits per heavy atom. The highest BCUT2D eigenvalue weighted by molar-refractivity contribution is 6.31. The van der Waals surface area contributed by atoms with Crippen LogP contribution in [0.25, 0.3) is 0 Å². The van der Waals surface area contributed by atoms with Crippen molar-refractivity contribution in [2.45, 2.75) is 13.5 Å². The van der Waals surface area contributed by atoms with E-state index >= 15 is 0 Å². The Morgan fingerprint density at radius 1 is 1.21 bits per heavy atom. The van der Waals surface area contributed by atoms with Crippen LogP contribution in [-0.4, -0.2) is 6.54 Å². The predicted octanol–water partition coefficient (Wildman–Crippen LogP) is 4.09. The third-order valence-electron chi connectivity index (χ3n) is 3.01. The lowest BCUT2D eigenvalue weighted by Gasteiger charge is -2.24. The van der Waals surface area contributed by atoms with Gasteiger partial charge in [-0.05, 0) is 36.8 Å². The summed E-state index contributed by atoms with van der Waals surface area (Å²) in [6, 6.07) is 12.5. The van der Waals surface area contributed by atoms with E-state index in [0.29, 0.717) is 12.2 Å². The Hall–Kier alpha value is -1.74. The average molecular weight is 279 g/mol. The average Bonchev–Trinajstić information content (AvgIpc) is 2.40. The molecule has 2 rings (SSSR count). The van der Waals surface area contributed by atoms with Crippen LogP contribution >= 0.6 is 11.6 Å². The van der Waals surface area contributed by atoms with Crippen molar-refractivity contribution < 1.29 is 4.39 Å². The van der Waals surface area contributed by atoms with E-state index in [4.69, 9.17) is 17.3 Å². The topological polar surface area (TPSA) is 29.3 Å². The first-order chi connectivity index (χ1) is 9.11. The van der Waals surface area contributed by atoms with Crippen molar-refractivity contribution >= 4 is 23.0 Å². The van der Waals surface area contributed by atoms with Gasteiger partial charge in [-0.2, -0.15) is 0 Å². The minimum Gasteiger partial charge on any atom is -0.399 e. The van der Waals surface area contributed by atoms with Crippen molar-refractivity contribution in [3.05, 3.63) is 58.9 Å². The van der Waals surface area contributed by atoms with Crippen molar-refractivity contribution in [2.24, 2.45) is 0 Å². The fourth-order valence-electron chi connectivity index (χ4n) is 1.98. The first kappa shape index (κ1) is 13.7. The van der Waals surface area contributed by atoms with Gasteiger partial charge in [0.05, 0.1) is 5.02 Å². The van der Waals surface area contributed by atoms with Gasteiger partial charge >= 0.3 is 0 Å². The van der Waals surface area contributed by atoms with Crippen LogP contribution in [0.1, 0.15) is 12.5 Å². The van der Waals surface area contributed by atoms with Crippen molar-refractivity contribution in [2.75, 3.05) is 17.2 Å². The van der Waals surface area contributed by atoms with Gasteiger partial charge in [-0.15, -0.1) is 0 Å². The van der Waals surface area contributed by atoms with Gasteiger partial charge in [-0.3, -0.25) is 0 Å². The van der Waals surface area contributed by atoms with Gasteiger partial charge in [0.25, 0.3) is 0 Å². The summed E-state index contributed by atoms with van der Waals surface area (Å²) in [5.74, 6) is -0.386. The number of nitrogens with zero attached hydrogens (tertiary/aromatic N) is 1. The van der Waals surface area contributed by atoms with Crippen LogP contribution in [0.4, 0.5) is 15.8 Å². The maximum Gasteiger partial charge on any atom is 0.142 e. The van der Waals surface area contributed by atoms with Crippen LogP contribution in [0.15, 0.2) is 42.5 Å². The van der Waals surface area contributed by atoms with Gasteiger partial charge in [-0.25, -0.2) is 4.39 Å². The molecule has 0 aliphatic heterocycles. The molecule has 0 saturated heterocycles. The summed E-state index contributed by atoms with van der Waals surface area (Å²) in [6.07, 6.45) is 0. The highest BCUT2D eigenvalue weighted by atomic mass is 35.5. The smallest absolute Gasteiger partial charge is 0.142 e. The highest BCUT2D eigenvalue weighted by Crippen LogP contribution is 2.24. The van der Waals surface area contributed by atoms with Crippen LogP contribution in [0.3, 0.4) is 0 Å². The van der Waals surface area contributed by atoms with E-state index in [1.807, 2.05) is 37.3 Å². The second-order valence-corrected chi connectivity index (χ2v) is 4.70. The lowest BCUT2D eigenvalue weighted by molar-refractivity contribution is 0.625. The fraction of sp³-hybridized carbons (Fsp3) is 0.200. The molecular weight excluding hydrogens is 263 g/mol. The largest absolute Gasteiger partial charge is 0.399 e. The molecule has 0 aliphatic carbocycles. The van der Waals surface area contributed by atoms with Crippen LogP contribution in [-0.2, 0) is 6.54 Å². The van der Waals surface area contributed by atoms with Gasteiger partial charge < -0.3 is 10.6 Å². The SMILES string of the molecule is CCN(Cc1cccc(F)c1Cl)c1cccc(N)c1. The molecule has 0 saturated carbocycles. The van der Waals surface area contributed by atoms with Crippen LogP contribution < -0.4 is 10.6 Å².